The fourth-order valence-corrected chi connectivity index (χ4v) is 2.63. The average molecular weight is 400 g/mol. The Morgan fingerprint density at radius 1 is 1.32 bits per heavy atom. The number of halogens is 7. The summed E-state index contributed by atoms with van der Waals surface area (Å²) in [5, 5.41) is 0. The number of aliphatic imine (C=N–C) groups is 1. The monoisotopic (exact) mass is 398 g/mol. The number of benzene rings is 1. The first kappa shape index (κ1) is 19.6. The van der Waals surface area contributed by atoms with E-state index in [0.29, 0.717) is 0 Å². The molecule has 3 nitrogen and oxygen atoms in total. The molecule has 2 N–H and O–H groups in total. The second-order valence-electron chi connectivity index (χ2n) is 4.17. The molecule has 0 spiro atoms. The van der Waals surface area contributed by atoms with Crippen LogP contribution in [0, 0.1) is 12.7 Å². The summed E-state index contributed by atoms with van der Waals surface area (Å²) in [6.07, 6.45) is -4.63. The second-order valence-corrected chi connectivity index (χ2v) is 7.87. The third-order valence-electron chi connectivity index (χ3n) is 2.32. The lowest BCUT2D eigenvalue weighted by molar-refractivity contribution is -0.106. The zero-order chi connectivity index (χ0) is 17.3. The molecular formula is C11H9Cl3F4N2OS. The number of aryl methyl sites for hydroxylation is 1. The second kappa shape index (κ2) is 7.00. The van der Waals surface area contributed by atoms with Crippen LogP contribution in [-0.4, -0.2) is 26.1 Å². The molecule has 1 aromatic rings. The summed E-state index contributed by atoms with van der Waals surface area (Å²) in [4.78, 5) is 3.29. The van der Waals surface area contributed by atoms with Crippen molar-refractivity contribution in [3.05, 3.63) is 23.5 Å². The minimum atomic E-state index is -4.63. The maximum atomic E-state index is 13.8. The van der Waals surface area contributed by atoms with E-state index in [0.717, 1.165) is 12.1 Å². The SMILES string of the molecule is Cc1cc(F)c(/N=C(\N)C(Cl)(Cl)Cl)cc1[S+]([O-])CC(F)(F)F. The summed E-state index contributed by atoms with van der Waals surface area (Å²) >= 11 is 13.9. The van der Waals surface area contributed by atoms with Crippen LogP contribution in [0.2, 0.25) is 0 Å². The lowest BCUT2D eigenvalue weighted by atomic mass is 10.2. The zero-order valence-electron chi connectivity index (χ0n) is 10.8. The highest BCUT2D eigenvalue weighted by Crippen LogP contribution is 2.32. The van der Waals surface area contributed by atoms with Gasteiger partial charge in [0.25, 0.3) is 0 Å². The fourth-order valence-electron chi connectivity index (χ4n) is 1.39. The van der Waals surface area contributed by atoms with Crippen molar-refractivity contribution in [2.24, 2.45) is 10.7 Å². The van der Waals surface area contributed by atoms with Gasteiger partial charge in [-0.05, 0) is 24.2 Å². The Morgan fingerprint density at radius 2 is 1.86 bits per heavy atom. The smallest absolute Gasteiger partial charge is 0.433 e. The van der Waals surface area contributed by atoms with Crippen LogP contribution >= 0.6 is 34.8 Å². The molecule has 0 amide bonds. The van der Waals surface area contributed by atoms with Gasteiger partial charge in [-0.25, -0.2) is 9.38 Å². The zero-order valence-corrected chi connectivity index (χ0v) is 13.9. The Bertz CT molecular complexity index is 590. The molecule has 1 rings (SSSR count). The van der Waals surface area contributed by atoms with Crippen molar-refractivity contribution in [1.29, 1.82) is 0 Å². The number of alkyl halides is 6. The first-order chi connectivity index (χ1) is 9.81. The highest BCUT2D eigenvalue weighted by molar-refractivity contribution is 7.91. The predicted molar refractivity (Wildman–Crippen MR) is 80.0 cm³/mol. The summed E-state index contributed by atoms with van der Waals surface area (Å²) in [5.41, 5.74) is 4.95. The molecule has 22 heavy (non-hydrogen) atoms. The van der Waals surface area contributed by atoms with Crippen LogP contribution in [0.1, 0.15) is 5.56 Å². The largest absolute Gasteiger partial charge is 0.611 e. The maximum Gasteiger partial charge on any atom is 0.433 e. The van der Waals surface area contributed by atoms with E-state index in [9.17, 15) is 22.1 Å². The van der Waals surface area contributed by atoms with Crippen LogP contribution in [0.15, 0.2) is 22.0 Å². The Kier molecular flexibility index (Phi) is 6.25. The van der Waals surface area contributed by atoms with Crippen molar-refractivity contribution >= 4 is 57.5 Å². The summed E-state index contributed by atoms with van der Waals surface area (Å²) in [6.45, 7) is 1.32. The molecule has 1 unspecified atom stereocenters. The van der Waals surface area contributed by atoms with Gasteiger partial charge in [0, 0.05) is 11.6 Å². The highest BCUT2D eigenvalue weighted by atomic mass is 35.6. The van der Waals surface area contributed by atoms with Crippen molar-refractivity contribution in [3.8, 4) is 0 Å². The molecule has 0 bridgehead atoms. The predicted octanol–water partition coefficient (Wildman–Crippen LogP) is 4.16. The van der Waals surface area contributed by atoms with Gasteiger partial charge in [0.05, 0.1) is 0 Å². The molecule has 0 saturated heterocycles. The van der Waals surface area contributed by atoms with Gasteiger partial charge in [-0.3, -0.25) is 0 Å². The fraction of sp³-hybridized carbons (Fsp3) is 0.364. The molecule has 0 fully saturated rings. The minimum Gasteiger partial charge on any atom is -0.611 e. The van der Waals surface area contributed by atoms with Gasteiger partial charge >= 0.3 is 6.18 Å². The Hall–Kier alpha value is -0.410. The first-order valence-corrected chi connectivity index (χ1v) is 7.93. The van der Waals surface area contributed by atoms with E-state index in [1.165, 1.54) is 6.92 Å². The minimum absolute atomic E-state index is 0.0755. The number of nitrogens with zero attached hydrogens (tertiary/aromatic N) is 1. The number of hydrogen-bond donors (Lipinski definition) is 1. The van der Waals surface area contributed by atoms with E-state index in [4.69, 9.17) is 40.5 Å². The number of nitrogens with two attached hydrogens (primary N) is 1. The van der Waals surface area contributed by atoms with E-state index in [1.807, 2.05) is 0 Å². The third-order valence-corrected chi connectivity index (χ3v) is 4.42. The van der Waals surface area contributed by atoms with Crippen LogP contribution < -0.4 is 5.73 Å². The molecule has 0 radical (unpaired) electrons. The van der Waals surface area contributed by atoms with Gasteiger partial charge in [0.2, 0.25) is 9.55 Å². The van der Waals surface area contributed by atoms with Crippen molar-refractivity contribution < 1.29 is 22.1 Å². The van der Waals surface area contributed by atoms with Crippen molar-refractivity contribution in [1.82, 2.24) is 0 Å². The molecule has 0 aromatic heterocycles. The van der Waals surface area contributed by atoms with E-state index in [-0.39, 0.29) is 10.5 Å². The van der Waals surface area contributed by atoms with E-state index in [2.05, 4.69) is 4.99 Å². The van der Waals surface area contributed by atoms with Gasteiger partial charge in [0.15, 0.2) is 10.7 Å². The van der Waals surface area contributed by atoms with Gasteiger partial charge in [-0.15, -0.1) is 0 Å². The summed E-state index contributed by atoms with van der Waals surface area (Å²) in [7, 11) is 0. The van der Waals surface area contributed by atoms with Crippen molar-refractivity contribution in [2.75, 3.05) is 5.75 Å². The standard InChI is InChI=1S/C11H9Cl3F4N2OS/c1-5-2-6(15)7(20-9(19)11(12,13)14)3-8(5)22(21)4-10(16,17)18/h2-3H,4H2,1H3,(H2,19,20). The number of hydrogen-bond acceptors (Lipinski definition) is 2. The average Bonchev–Trinajstić information content (AvgIpc) is 2.28. The van der Waals surface area contributed by atoms with Gasteiger partial charge in [0.1, 0.15) is 11.5 Å². The molecule has 0 aliphatic rings. The molecular weight excluding hydrogens is 391 g/mol. The van der Waals surface area contributed by atoms with E-state index >= 15 is 0 Å². The maximum absolute atomic E-state index is 13.8. The van der Waals surface area contributed by atoms with Crippen LogP contribution in [0.4, 0.5) is 23.2 Å². The Morgan fingerprint density at radius 3 is 2.32 bits per heavy atom. The van der Waals surface area contributed by atoms with Gasteiger partial charge in [-0.2, -0.15) is 13.2 Å². The third kappa shape index (κ3) is 5.66. The molecule has 1 atom stereocenters. The highest BCUT2D eigenvalue weighted by Gasteiger charge is 2.36. The van der Waals surface area contributed by atoms with Crippen molar-refractivity contribution in [2.45, 2.75) is 21.8 Å². The van der Waals surface area contributed by atoms with E-state index in [1.54, 1.807) is 0 Å². The molecule has 0 saturated carbocycles. The first-order valence-electron chi connectivity index (χ1n) is 5.48. The summed E-state index contributed by atoms with van der Waals surface area (Å²) < 4.78 is 60.3. The van der Waals surface area contributed by atoms with Gasteiger partial charge in [-0.1, -0.05) is 34.8 Å². The number of amidine groups is 1. The van der Waals surface area contributed by atoms with Crippen LogP contribution in [0.3, 0.4) is 0 Å². The molecule has 1 aromatic carbocycles. The van der Waals surface area contributed by atoms with Crippen LogP contribution in [0.5, 0.6) is 0 Å². The molecule has 11 heteroatoms. The molecule has 0 aliphatic carbocycles. The normalized spacial score (nSPS) is 15.0. The summed E-state index contributed by atoms with van der Waals surface area (Å²) in [6, 6.07) is 1.77. The topological polar surface area (TPSA) is 61.4 Å². The Balaban J connectivity index is 3.26. The molecule has 0 heterocycles. The lowest BCUT2D eigenvalue weighted by Crippen LogP contribution is -2.28. The molecule has 124 valence electrons. The quantitative estimate of drug-likeness (QED) is 0.273. The van der Waals surface area contributed by atoms with E-state index < -0.39 is 44.2 Å². The lowest BCUT2D eigenvalue weighted by Gasteiger charge is -2.15. The van der Waals surface area contributed by atoms with Crippen LogP contribution in [-0.2, 0) is 11.2 Å². The Labute approximate surface area is 141 Å². The molecule has 0 aliphatic heterocycles. The van der Waals surface area contributed by atoms with Crippen molar-refractivity contribution in [3.63, 3.8) is 0 Å². The van der Waals surface area contributed by atoms with Crippen LogP contribution in [0.25, 0.3) is 0 Å². The summed E-state index contributed by atoms with van der Waals surface area (Å²) in [5.74, 6) is -3.04. The number of rotatable bonds is 3. The van der Waals surface area contributed by atoms with Gasteiger partial charge < -0.3 is 10.3 Å².